The molecule has 1 aromatic rings. The van der Waals surface area contributed by atoms with Crippen molar-refractivity contribution in [2.24, 2.45) is 0 Å². The van der Waals surface area contributed by atoms with E-state index >= 15 is 0 Å². The van der Waals surface area contributed by atoms with E-state index in [4.69, 9.17) is 4.42 Å². The van der Waals surface area contributed by atoms with E-state index in [0.717, 1.165) is 5.56 Å². The summed E-state index contributed by atoms with van der Waals surface area (Å²) in [5, 5.41) is 0. The van der Waals surface area contributed by atoms with Gasteiger partial charge in [-0.25, -0.2) is 0 Å². The van der Waals surface area contributed by atoms with Gasteiger partial charge in [0.05, 0.1) is 6.26 Å². The molecule has 0 aromatic carbocycles. The van der Waals surface area contributed by atoms with Gasteiger partial charge < -0.3 is 4.42 Å². The summed E-state index contributed by atoms with van der Waals surface area (Å²) in [6, 6.07) is 1.76. The van der Waals surface area contributed by atoms with Crippen LogP contribution in [0, 0.1) is 6.92 Å². The number of carbonyl (C=O) groups is 1. The molecule has 10 heavy (non-hydrogen) atoms. The van der Waals surface area contributed by atoms with Crippen LogP contribution in [0.5, 0.6) is 0 Å². The van der Waals surface area contributed by atoms with Gasteiger partial charge in [-0.05, 0) is 18.6 Å². The third-order valence-corrected chi connectivity index (χ3v) is 1.33. The summed E-state index contributed by atoms with van der Waals surface area (Å²) in [6.07, 6.45) is 2.09. The number of aryl methyl sites for hydroxylation is 1. The zero-order chi connectivity index (χ0) is 7.56. The predicted octanol–water partition coefficient (Wildman–Crippen LogP) is 2.18. The molecule has 1 aromatic heterocycles. The van der Waals surface area contributed by atoms with Crippen LogP contribution in [0.3, 0.4) is 0 Å². The van der Waals surface area contributed by atoms with Gasteiger partial charge in [0, 0.05) is 6.42 Å². The van der Waals surface area contributed by atoms with E-state index in [1.807, 2.05) is 13.8 Å². The van der Waals surface area contributed by atoms with Crippen LogP contribution in [-0.4, -0.2) is 5.78 Å². The number of rotatable bonds is 2. The van der Waals surface area contributed by atoms with Gasteiger partial charge in [-0.3, -0.25) is 4.79 Å². The van der Waals surface area contributed by atoms with Crippen LogP contribution in [0.15, 0.2) is 16.7 Å². The maximum atomic E-state index is 10.9. The number of hydrogen-bond donors (Lipinski definition) is 0. The number of Topliss-reactive ketones (excluding diaryl/α,β-unsaturated/α-hetero) is 1. The minimum Gasteiger partial charge on any atom is -0.461 e. The van der Waals surface area contributed by atoms with Gasteiger partial charge in [0.2, 0.25) is 0 Å². The molecule has 1 rings (SSSR count). The zero-order valence-corrected chi connectivity index (χ0v) is 6.18. The molecule has 0 saturated heterocycles. The van der Waals surface area contributed by atoms with E-state index in [-0.39, 0.29) is 5.78 Å². The summed E-state index contributed by atoms with van der Waals surface area (Å²) < 4.78 is 4.97. The lowest BCUT2D eigenvalue weighted by molar-refractivity contribution is 0.0961. The minimum atomic E-state index is 0.0631. The highest BCUT2D eigenvalue weighted by Gasteiger charge is 2.05. The normalized spacial score (nSPS) is 9.80. The van der Waals surface area contributed by atoms with Crippen molar-refractivity contribution in [3.8, 4) is 0 Å². The molecule has 0 aliphatic carbocycles. The fraction of sp³-hybridized carbons (Fsp3) is 0.375. The lowest BCUT2D eigenvalue weighted by atomic mass is 10.2. The average Bonchev–Trinajstić information content (AvgIpc) is 2.34. The lowest BCUT2D eigenvalue weighted by Crippen LogP contribution is -1.92. The summed E-state index contributed by atoms with van der Waals surface area (Å²) in [6.45, 7) is 3.72. The Bertz CT molecular complexity index is 235. The topological polar surface area (TPSA) is 30.2 Å². The molecule has 0 fully saturated rings. The maximum Gasteiger partial charge on any atom is 0.197 e. The fourth-order valence-corrected chi connectivity index (χ4v) is 0.752. The van der Waals surface area contributed by atoms with Crippen LogP contribution in [0.4, 0.5) is 0 Å². The summed E-state index contributed by atoms with van der Waals surface area (Å²) >= 11 is 0. The third kappa shape index (κ3) is 1.26. The van der Waals surface area contributed by atoms with Crippen molar-refractivity contribution in [2.75, 3.05) is 0 Å². The monoisotopic (exact) mass is 138 g/mol. The van der Waals surface area contributed by atoms with Gasteiger partial charge >= 0.3 is 0 Å². The lowest BCUT2D eigenvalue weighted by Gasteiger charge is -1.86. The highest BCUT2D eigenvalue weighted by molar-refractivity contribution is 5.93. The molecule has 54 valence electrons. The fourth-order valence-electron chi connectivity index (χ4n) is 0.752. The van der Waals surface area contributed by atoms with Crippen LogP contribution < -0.4 is 0 Å². The largest absolute Gasteiger partial charge is 0.461 e. The van der Waals surface area contributed by atoms with Crippen molar-refractivity contribution >= 4 is 5.78 Å². The Morgan fingerprint density at radius 2 is 2.40 bits per heavy atom. The van der Waals surface area contributed by atoms with Gasteiger partial charge in [-0.2, -0.15) is 0 Å². The van der Waals surface area contributed by atoms with Crippen molar-refractivity contribution in [2.45, 2.75) is 20.3 Å². The summed E-state index contributed by atoms with van der Waals surface area (Å²) in [5.41, 5.74) is 0.997. The van der Waals surface area contributed by atoms with Gasteiger partial charge in [0.25, 0.3) is 0 Å². The second-order valence-electron chi connectivity index (χ2n) is 2.27. The highest BCUT2D eigenvalue weighted by atomic mass is 16.3. The van der Waals surface area contributed by atoms with Crippen LogP contribution in [0.1, 0.15) is 29.5 Å². The Hall–Kier alpha value is -1.05. The molecule has 0 aliphatic heterocycles. The molecule has 2 heteroatoms. The van der Waals surface area contributed by atoms with Crippen molar-refractivity contribution in [3.05, 3.63) is 23.7 Å². The molecule has 0 aliphatic rings. The number of ketones is 1. The van der Waals surface area contributed by atoms with E-state index in [1.54, 1.807) is 12.3 Å². The van der Waals surface area contributed by atoms with Crippen LogP contribution >= 0.6 is 0 Å². The summed E-state index contributed by atoms with van der Waals surface area (Å²) in [7, 11) is 0. The molecule has 1 heterocycles. The average molecular weight is 138 g/mol. The van der Waals surface area contributed by atoms with Crippen LogP contribution in [0.2, 0.25) is 0 Å². The molecule has 0 N–H and O–H groups in total. The molecule has 0 spiro atoms. The zero-order valence-electron chi connectivity index (χ0n) is 6.18. The standard InChI is InChI=1S/C8H10O2/c1-3-7(9)8-4-6(2)5-10-8/h4-5H,3H2,1-2H3. The van der Waals surface area contributed by atoms with E-state index in [0.29, 0.717) is 12.2 Å². The first-order valence-electron chi connectivity index (χ1n) is 3.32. The summed E-state index contributed by atoms with van der Waals surface area (Å²) in [5.74, 6) is 0.535. The van der Waals surface area contributed by atoms with E-state index in [2.05, 4.69) is 0 Å². The van der Waals surface area contributed by atoms with E-state index in [9.17, 15) is 4.79 Å². The Balaban J connectivity index is 2.85. The quantitative estimate of drug-likeness (QED) is 0.586. The minimum absolute atomic E-state index is 0.0631. The first kappa shape index (κ1) is 7.06. The van der Waals surface area contributed by atoms with Gasteiger partial charge in [0.1, 0.15) is 0 Å². The first-order chi connectivity index (χ1) is 4.74. The highest BCUT2D eigenvalue weighted by Crippen LogP contribution is 2.07. The van der Waals surface area contributed by atoms with E-state index in [1.165, 1.54) is 0 Å². The first-order valence-corrected chi connectivity index (χ1v) is 3.32. The predicted molar refractivity (Wildman–Crippen MR) is 38.1 cm³/mol. The molecule has 2 nitrogen and oxygen atoms in total. The van der Waals surface area contributed by atoms with Crippen molar-refractivity contribution in [1.82, 2.24) is 0 Å². The smallest absolute Gasteiger partial charge is 0.197 e. The van der Waals surface area contributed by atoms with E-state index < -0.39 is 0 Å². The Morgan fingerprint density at radius 3 is 2.80 bits per heavy atom. The molecular weight excluding hydrogens is 128 g/mol. The molecule has 0 amide bonds. The molecule has 0 bridgehead atoms. The molecule has 0 unspecified atom stereocenters. The second kappa shape index (κ2) is 2.69. The Morgan fingerprint density at radius 1 is 1.70 bits per heavy atom. The van der Waals surface area contributed by atoms with Crippen molar-refractivity contribution in [3.63, 3.8) is 0 Å². The third-order valence-electron chi connectivity index (χ3n) is 1.33. The van der Waals surface area contributed by atoms with Crippen LogP contribution in [0.25, 0.3) is 0 Å². The Kier molecular flexibility index (Phi) is 1.90. The number of carbonyl (C=O) groups excluding carboxylic acids is 1. The van der Waals surface area contributed by atoms with Crippen molar-refractivity contribution in [1.29, 1.82) is 0 Å². The summed E-state index contributed by atoms with van der Waals surface area (Å²) in [4.78, 5) is 10.9. The SMILES string of the molecule is CCC(=O)c1cc(C)co1. The van der Waals surface area contributed by atoms with Gasteiger partial charge in [-0.15, -0.1) is 0 Å². The molecule has 0 saturated carbocycles. The molecule has 0 atom stereocenters. The second-order valence-corrected chi connectivity index (χ2v) is 2.27. The number of furan rings is 1. The van der Waals surface area contributed by atoms with Crippen molar-refractivity contribution < 1.29 is 9.21 Å². The van der Waals surface area contributed by atoms with Gasteiger partial charge in [-0.1, -0.05) is 6.92 Å². The van der Waals surface area contributed by atoms with Crippen LogP contribution in [-0.2, 0) is 0 Å². The Labute approximate surface area is 59.8 Å². The van der Waals surface area contributed by atoms with Gasteiger partial charge in [0.15, 0.2) is 11.5 Å². The number of hydrogen-bond acceptors (Lipinski definition) is 2. The molecular formula is C8H10O2. The molecule has 0 radical (unpaired) electrons. The maximum absolute atomic E-state index is 10.9.